The van der Waals surface area contributed by atoms with Gasteiger partial charge in [0.15, 0.2) is 0 Å². The molecule has 0 N–H and O–H groups in total. The fourth-order valence-corrected chi connectivity index (χ4v) is 2.49. The van der Waals surface area contributed by atoms with E-state index in [4.69, 9.17) is 0 Å². The molecule has 0 spiro atoms. The van der Waals surface area contributed by atoms with E-state index in [9.17, 15) is 0 Å². The molecular weight excluding hydrogens is 230 g/mol. The molecule has 19 heavy (non-hydrogen) atoms. The van der Waals surface area contributed by atoms with Crippen molar-refractivity contribution >= 4 is 0 Å². The summed E-state index contributed by atoms with van der Waals surface area (Å²) < 4.78 is 0. The van der Waals surface area contributed by atoms with Gasteiger partial charge in [0, 0.05) is 0 Å². The molecule has 1 nitrogen and oxygen atoms in total. The average molecular weight is 272 g/mol. The van der Waals surface area contributed by atoms with E-state index in [1.165, 1.54) is 38.8 Å². The van der Waals surface area contributed by atoms with Crippen LogP contribution in [-0.4, -0.2) is 25.0 Å². The lowest BCUT2D eigenvalue weighted by molar-refractivity contribution is 0.0945. The molecule has 1 saturated heterocycles. The third-order valence-electron chi connectivity index (χ3n) is 4.61. The Morgan fingerprint density at radius 3 is 1.74 bits per heavy atom. The fraction of sp³-hybridized carbons (Fsp3) is 1.00. The molecule has 0 radical (unpaired) electrons. The smallest absolute Gasteiger partial charge is 0.00190 e. The Labute approximate surface area is 124 Å². The highest BCUT2D eigenvalue weighted by Crippen LogP contribution is 2.39. The first kappa shape index (κ1) is 21.3. The van der Waals surface area contributed by atoms with Crippen LogP contribution in [0.25, 0.3) is 0 Å². The summed E-state index contributed by atoms with van der Waals surface area (Å²) in [6.07, 6.45) is 5.36. The Kier molecular flexibility index (Phi) is 13.2. The fourth-order valence-electron chi connectivity index (χ4n) is 2.49. The topological polar surface area (TPSA) is 3.24 Å². The first-order valence-corrected chi connectivity index (χ1v) is 8.57. The van der Waals surface area contributed by atoms with Crippen LogP contribution in [0.2, 0.25) is 0 Å². The van der Waals surface area contributed by atoms with Crippen LogP contribution < -0.4 is 0 Å². The van der Waals surface area contributed by atoms with Crippen molar-refractivity contribution in [1.29, 1.82) is 0 Å². The van der Waals surface area contributed by atoms with Gasteiger partial charge in [-0.25, -0.2) is 0 Å². The van der Waals surface area contributed by atoms with E-state index in [-0.39, 0.29) is 0 Å². The second-order valence-corrected chi connectivity index (χ2v) is 6.48. The van der Waals surface area contributed by atoms with Gasteiger partial charge in [0.2, 0.25) is 0 Å². The van der Waals surface area contributed by atoms with E-state index >= 15 is 0 Å². The zero-order valence-corrected chi connectivity index (χ0v) is 15.3. The van der Waals surface area contributed by atoms with Gasteiger partial charge < -0.3 is 4.90 Å². The summed E-state index contributed by atoms with van der Waals surface area (Å²) in [5.41, 5.74) is 0.528. The minimum absolute atomic E-state index is 0.528. The molecule has 0 bridgehead atoms. The van der Waals surface area contributed by atoms with Gasteiger partial charge in [-0.05, 0) is 50.2 Å². The van der Waals surface area contributed by atoms with Crippen molar-refractivity contribution in [2.45, 2.75) is 81.1 Å². The molecular formula is C18H41N. The third-order valence-corrected chi connectivity index (χ3v) is 4.61. The maximum atomic E-state index is 2.46. The Balaban J connectivity index is 0. The summed E-state index contributed by atoms with van der Waals surface area (Å²) in [5, 5.41) is 0. The second-order valence-electron chi connectivity index (χ2n) is 6.48. The Hall–Kier alpha value is -0.0400. The Morgan fingerprint density at radius 2 is 1.42 bits per heavy atom. The molecule has 1 heterocycles. The Bertz CT molecular complexity index is 178. The largest absolute Gasteiger partial charge is 0.306 e. The number of hydrogen-bond acceptors (Lipinski definition) is 1. The van der Waals surface area contributed by atoms with Gasteiger partial charge in [-0.1, -0.05) is 68.2 Å². The zero-order valence-electron chi connectivity index (χ0n) is 15.3. The van der Waals surface area contributed by atoms with E-state index in [0.29, 0.717) is 5.41 Å². The molecule has 1 aliphatic rings. The molecule has 1 unspecified atom stereocenters. The van der Waals surface area contributed by atoms with Crippen molar-refractivity contribution in [1.82, 2.24) is 4.90 Å². The van der Waals surface area contributed by atoms with E-state index in [2.05, 4.69) is 53.5 Å². The molecule has 0 aromatic heterocycles. The van der Waals surface area contributed by atoms with Gasteiger partial charge in [0.25, 0.3) is 0 Å². The summed E-state index contributed by atoms with van der Waals surface area (Å²) in [5.74, 6) is 1.84. The van der Waals surface area contributed by atoms with Crippen molar-refractivity contribution in [3.8, 4) is 0 Å². The van der Waals surface area contributed by atoms with Crippen molar-refractivity contribution in [3.63, 3.8) is 0 Å². The van der Waals surface area contributed by atoms with Crippen LogP contribution in [0.5, 0.6) is 0 Å². The molecule has 0 saturated carbocycles. The van der Waals surface area contributed by atoms with Crippen LogP contribution in [-0.2, 0) is 0 Å². The predicted molar refractivity (Wildman–Crippen MR) is 90.8 cm³/mol. The molecule has 1 atom stereocenters. The van der Waals surface area contributed by atoms with Gasteiger partial charge in [0.05, 0.1) is 0 Å². The highest BCUT2D eigenvalue weighted by Gasteiger charge is 2.31. The van der Waals surface area contributed by atoms with Crippen molar-refractivity contribution in [2.75, 3.05) is 20.1 Å². The standard InChI is InChI=1S/C13H27N.C3H8.C2H6/c1-6-13(3,4)11(2)12-7-9-14(5)10-8-12;1-3-2;1-2/h11-12H,6-10H2,1-5H3;3H2,1-2H3;1-2H3. The summed E-state index contributed by atoms with van der Waals surface area (Å²) in [6, 6.07) is 0. The summed E-state index contributed by atoms with van der Waals surface area (Å²) in [6.45, 7) is 20.5. The van der Waals surface area contributed by atoms with Gasteiger partial charge in [0.1, 0.15) is 0 Å². The third kappa shape index (κ3) is 8.68. The predicted octanol–water partition coefficient (Wildman–Crippen LogP) is 5.84. The molecule has 0 aliphatic carbocycles. The van der Waals surface area contributed by atoms with E-state index in [0.717, 1.165) is 11.8 Å². The molecule has 118 valence electrons. The van der Waals surface area contributed by atoms with Crippen LogP contribution in [0.1, 0.15) is 81.1 Å². The van der Waals surface area contributed by atoms with Crippen molar-refractivity contribution < 1.29 is 0 Å². The summed E-state index contributed by atoms with van der Waals surface area (Å²) in [4.78, 5) is 2.46. The van der Waals surface area contributed by atoms with E-state index in [1.54, 1.807) is 0 Å². The van der Waals surface area contributed by atoms with Crippen molar-refractivity contribution in [3.05, 3.63) is 0 Å². The SMILES string of the molecule is CC.CCC.CCC(C)(C)C(C)C1CCN(C)CC1. The van der Waals surface area contributed by atoms with E-state index in [1.807, 2.05) is 13.8 Å². The molecule has 1 heteroatoms. The molecule has 1 aliphatic heterocycles. The van der Waals surface area contributed by atoms with Crippen molar-refractivity contribution in [2.24, 2.45) is 17.3 Å². The maximum absolute atomic E-state index is 2.46. The van der Waals surface area contributed by atoms with Crippen LogP contribution in [0.4, 0.5) is 0 Å². The van der Waals surface area contributed by atoms with Crippen LogP contribution >= 0.6 is 0 Å². The quantitative estimate of drug-likeness (QED) is 0.623. The van der Waals surface area contributed by atoms with Crippen LogP contribution in [0.15, 0.2) is 0 Å². The number of hydrogen-bond donors (Lipinski definition) is 0. The van der Waals surface area contributed by atoms with Gasteiger partial charge in [-0.15, -0.1) is 0 Å². The minimum Gasteiger partial charge on any atom is -0.306 e. The highest BCUT2D eigenvalue weighted by molar-refractivity contribution is 4.82. The summed E-state index contributed by atoms with van der Waals surface area (Å²) >= 11 is 0. The normalized spacial score (nSPS) is 18.8. The molecule has 0 aromatic carbocycles. The van der Waals surface area contributed by atoms with Gasteiger partial charge in [-0.2, -0.15) is 0 Å². The average Bonchev–Trinajstić information content (AvgIpc) is 2.42. The maximum Gasteiger partial charge on any atom is -0.00190 e. The first-order valence-electron chi connectivity index (χ1n) is 8.57. The second kappa shape index (κ2) is 11.8. The number of nitrogens with zero attached hydrogens (tertiary/aromatic N) is 1. The lowest BCUT2D eigenvalue weighted by atomic mass is 9.69. The molecule has 1 rings (SSSR count). The zero-order chi connectivity index (χ0) is 15.5. The van der Waals surface area contributed by atoms with E-state index < -0.39 is 0 Å². The monoisotopic (exact) mass is 271 g/mol. The molecule has 0 aromatic rings. The van der Waals surface area contributed by atoms with Crippen LogP contribution in [0, 0.1) is 17.3 Å². The highest BCUT2D eigenvalue weighted by atomic mass is 15.1. The van der Waals surface area contributed by atoms with Crippen LogP contribution in [0.3, 0.4) is 0 Å². The Morgan fingerprint density at radius 1 is 1.05 bits per heavy atom. The number of rotatable bonds is 3. The number of likely N-dealkylation sites (tertiary alicyclic amines) is 1. The van der Waals surface area contributed by atoms with Gasteiger partial charge >= 0.3 is 0 Å². The van der Waals surface area contributed by atoms with Gasteiger partial charge in [-0.3, -0.25) is 0 Å². The first-order chi connectivity index (χ1) is 8.88. The molecule has 1 fully saturated rings. The lowest BCUT2D eigenvalue weighted by Gasteiger charge is -2.40. The summed E-state index contributed by atoms with van der Waals surface area (Å²) in [7, 11) is 2.24. The molecule has 0 amide bonds. The number of piperidine rings is 1. The lowest BCUT2D eigenvalue weighted by Crippen LogP contribution is -2.37. The minimum atomic E-state index is 0.528.